The van der Waals surface area contributed by atoms with Crippen molar-refractivity contribution in [1.82, 2.24) is 10.6 Å². The number of benzene rings is 1. The maximum atomic E-state index is 11.8. The minimum absolute atomic E-state index is 0.0697. The fourth-order valence-corrected chi connectivity index (χ4v) is 1.73. The van der Waals surface area contributed by atoms with Crippen LogP contribution in [0.25, 0.3) is 0 Å². The van der Waals surface area contributed by atoms with Crippen molar-refractivity contribution in [3.05, 3.63) is 35.9 Å². The summed E-state index contributed by atoms with van der Waals surface area (Å²) in [6, 6.07) is 8.56. The maximum absolute atomic E-state index is 11.8. The summed E-state index contributed by atoms with van der Waals surface area (Å²) in [6.07, 6.45) is 1.14. The fraction of sp³-hybridized carbons (Fsp3) is 0.400. The van der Waals surface area contributed by atoms with E-state index in [0.29, 0.717) is 12.7 Å². The van der Waals surface area contributed by atoms with Crippen LogP contribution in [-0.4, -0.2) is 30.9 Å². The van der Waals surface area contributed by atoms with Crippen LogP contribution in [0, 0.1) is 0 Å². The molecule has 1 aromatic rings. The summed E-state index contributed by atoms with van der Waals surface area (Å²) in [5.41, 5.74) is 0.866. The third kappa shape index (κ3) is 6.56. The number of alkyl carbamates (subject to hydrolysis) is 1. The lowest BCUT2D eigenvalue weighted by Crippen LogP contribution is -2.47. The number of hydrogen-bond donors (Lipinski definition) is 2. The van der Waals surface area contributed by atoms with Crippen molar-refractivity contribution >= 4 is 18.3 Å². The summed E-state index contributed by atoms with van der Waals surface area (Å²) in [6.45, 7) is 1.97. The molecule has 1 aromatic carbocycles. The highest BCUT2D eigenvalue weighted by molar-refractivity contribution is 5.86. The van der Waals surface area contributed by atoms with Crippen molar-refractivity contribution in [2.24, 2.45) is 0 Å². The number of hydrogen-bond acceptors (Lipinski definition) is 4. The van der Waals surface area contributed by atoms with Gasteiger partial charge in [-0.3, -0.25) is 4.79 Å². The number of aldehydes is 1. The molecule has 0 saturated carbocycles. The lowest BCUT2D eigenvalue weighted by Gasteiger charge is -2.17. The molecule has 0 spiro atoms. The molecule has 0 aliphatic carbocycles. The molecule has 0 unspecified atom stereocenters. The van der Waals surface area contributed by atoms with Gasteiger partial charge in [0.05, 0.1) is 6.54 Å². The zero-order chi connectivity index (χ0) is 15.5. The first-order valence-corrected chi connectivity index (χ1v) is 6.86. The molecule has 2 amide bonds. The molecule has 0 aliphatic heterocycles. The molecule has 0 aromatic heterocycles. The molecule has 114 valence electrons. The summed E-state index contributed by atoms with van der Waals surface area (Å²) in [7, 11) is 0. The van der Waals surface area contributed by atoms with E-state index in [0.717, 1.165) is 12.0 Å². The van der Waals surface area contributed by atoms with E-state index in [9.17, 15) is 14.4 Å². The number of ether oxygens (including phenoxy) is 1. The average molecular weight is 292 g/mol. The molecule has 21 heavy (non-hydrogen) atoms. The van der Waals surface area contributed by atoms with Gasteiger partial charge in [0.2, 0.25) is 5.91 Å². The van der Waals surface area contributed by atoms with Crippen LogP contribution in [0.1, 0.15) is 25.3 Å². The molecule has 1 rings (SSSR count). The van der Waals surface area contributed by atoms with E-state index in [1.54, 1.807) is 0 Å². The predicted octanol–water partition coefficient (Wildman–Crippen LogP) is 1.40. The third-order valence-corrected chi connectivity index (χ3v) is 2.76. The number of amides is 2. The summed E-state index contributed by atoms with van der Waals surface area (Å²) in [5, 5.41) is 4.93. The maximum Gasteiger partial charge on any atom is 0.408 e. The minimum atomic E-state index is -0.696. The van der Waals surface area contributed by atoms with Crippen molar-refractivity contribution in [3.63, 3.8) is 0 Å². The molecule has 0 bridgehead atoms. The van der Waals surface area contributed by atoms with Crippen LogP contribution in [0.4, 0.5) is 4.79 Å². The lowest BCUT2D eigenvalue weighted by molar-refractivity contribution is -0.124. The summed E-state index contributed by atoms with van der Waals surface area (Å²) in [5.74, 6) is -0.388. The van der Waals surface area contributed by atoms with E-state index in [2.05, 4.69) is 10.6 Å². The van der Waals surface area contributed by atoms with Crippen LogP contribution >= 0.6 is 0 Å². The molecule has 6 nitrogen and oxygen atoms in total. The molecule has 6 heteroatoms. The predicted molar refractivity (Wildman–Crippen MR) is 77.5 cm³/mol. The quantitative estimate of drug-likeness (QED) is 0.709. The van der Waals surface area contributed by atoms with Crippen LogP contribution in [-0.2, 0) is 20.9 Å². The molecule has 2 N–H and O–H groups in total. The normalized spacial score (nSPS) is 11.3. The molecule has 0 radical (unpaired) electrons. The van der Waals surface area contributed by atoms with Gasteiger partial charge in [0.25, 0.3) is 0 Å². The van der Waals surface area contributed by atoms with Gasteiger partial charge in [-0.05, 0) is 12.0 Å². The number of rotatable bonds is 8. The first kappa shape index (κ1) is 16.7. The smallest absolute Gasteiger partial charge is 0.408 e. The van der Waals surface area contributed by atoms with Crippen LogP contribution in [0.5, 0.6) is 0 Å². The summed E-state index contributed by atoms with van der Waals surface area (Å²) < 4.78 is 5.06. The standard InChI is InChI=1S/C15H20N2O4/c1-2-6-13(14(19)16-9-10-18)17-15(20)21-11-12-7-4-3-5-8-12/h3-5,7-8,10,13H,2,6,9,11H2,1H3,(H,16,19)(H,17,20)/t13-/m0/s1. The Morgan fingerprint density at radius 1 is 1.29 bits per heavy atom. The minimum Gasteiger partial charge on any atom is -0.445 e. The van der Waals surface area contributed by atoms with Crippen molar-refractivity contribution < 1.29 is 19.1 Å². The molecule has 1 atom stereocenters. The van der Waals surface area contributed by atoms with E-state index in [1.165, 1.54) is 0 Å². The van der Waals surface area contributed by atoms with Crippen LogP contribution < -0.4 is 10.6 Å². The monoisotopic (exact) mass is 292 g/mol. The van der Waals surface area contributed by atoms with Gasteiger partial charge in [0, 0.05) is 0 Å². The fourth-order valence-electron chi connectivity index (χ4n) is 1.73. The van der Waals surface area contributed by atoms with Crippen molar-refractivity contribution in [2.45, 2.75) is 32.4 Å². The van der Waals surface area contributed by atoms with E-state index in [4.69, 9.17) is 4.74 Å². The van der Waals surface area contributed by atoms with E-state index < -0.39 is 12.1 Å². The van der Waals surface area contributed by atoms with Gasteiger partial charge >= 0.3 is 6.09 Å². The molecule has 0 heterocycles. The zero-order valence-electron chi connectivity index (χ0n) is 12.0. The van der Waals surface area contributed by atoms with E-state index >= 15 is 0 Å². The number of carbonyl (C=O) groups excluding carboxylic acids is 3. The summed E-state index contributed by atoms with van der Waals surface area (Å²) in [4.78, 5) is 33.7. The van der Waals surface area contributed by atoms with Crippen molar-refractivity contribution in [3.8, 4) is 0 Å². The second-order valence-corrected chi connectivity index (χ2v) is 4.46. The summed E-state index contributed by atoms with van der Waals surface area (Å²) >= 11 is 0. The van der Waals surface area contributed by atoms with Crippen molar-refractivity contribution in [1.29, 1.82) is 0 Å². The lowest BCUT2D eigenvalue weighted by atomic mass is 10.1. The largest absolute Gasteiger partial charge is 0.445 e. The van der Waals surface area contributed by atoms with Crippen LogP contribution in [0.3, 0.4) is 0 Å². The third-order valence-electron chi connectivity index (χ3n) is 2.76. The Hall–Kier alpha value is -2.37. The molecular weight excluding hydrogens is 272 g/mol. The van der Waals surface area contributed by atoms with E-state index in [1.807, 2.05) is 37.3 Å². The molecule has 0 aliphatic rings. The van der Waals surface area contributed by atoms with Gasteiger partial charge in [-0.15, -0.1) is 0 Å². The van der Waals surface area contributed by atoms with Gasteiger partial charge in [-0.1, -0.05) is 43.7 Å². The second kappa shape index (κ2) is 9.52. The second-order valence-electron chi connectivity index (χ2n) is 4.46. The van der Waals surface area contributed by atoms with Crippen LogP contribution in [0.2, 0.25) is 0 Å². The molecule has 0 saturated heterocycles. The first-order valence-electron chi connectivity index (χ1n) is 6.86. The van der Waals surface area contributed by atoms with Gasteiger partial charge in [0.1, 0.15) is 18.9 Å². The van der Waals surface area contributed by atoms with Gasteiger partial charge in [0.15, 0.2) is 0 Å². The van der Waals surface area contributed by atoms with Crippen molar-refractivity contribution in [2.75, 3.05) is 6.54 Å². The highest BCUT2D eigenvalue weighted by Gasteiger charge is 2.20. The highest BCUT2D eigenvalue weighted by Crippen LogP contribution is 2.02. The number of nitrogens with one attached hydrogen (secondary N) is 2. The van der Waals surface area contributed by atoms with Gasteiger partial charge in [-0.25, -0.2) is 4.79 Å². The zero-order valence-corrected chi connectivity index (χ0v) is 12.0. The van der Waals surface area contributed by atoms with E-state index in [-0.39, 0.29) is 19.1 Å². The van der Waals surface area contributed by atoms with Gasteiger partial charge in [-0.2, -0.15) is 0 Å². The Morgan fingerprint density at radius 3 is 2.62 bits per heavy atom. The topological polar surface area (TPSA) is 84.5 Å². The Labute approximate surface area is 123 Å². The SMILES string of the molecule is CCC[C@H](NC(=O)OCc1ccccc1)C(=O)NCC=O. The highest BCUT2D eigenvalue weighted by atomic mass is 16.5. The Kier molecular flexibility index (Phi) is 7.56. The number of carbonyl (C=O) groups is 3. The first-order chi connectivity index (χ1) is 10.2. The Morgan fingerprint density at radius 2 is 2.00 bits per heavy atom. The van der Waals surface area contributed by atoms with Crippen LogP contribution in [0.15, 0.2) is 30.3 Å². The van der Waals surface area contributed by atoms with Gasteiger partial charge < -0.3 is 20.2 Å². The molecule has 0 fully saturated rings. The average Bonchev–Trinajstić information content (AvgIpc) is 2.51. The molecular formula is C15H20N2O4. The Bertz CT molecular complexity index is 462. The Balaban J connectivity index is 2.44.